The molecule has 11 nitrogen and oxygen atoms in total. The van der Waals surface area contributed by atoms with Crippen molar-refractivity contribution in [2.24, 2.45) is 0 Å². The number of methoxy groups -OCH3 is 1. The molecule has 0 spiro atoms. The number of likely N-dealkylation sites (N-methyl/N-ethyl adjacent to an activating group) is 1. The second-order valence-corrected chi connectivity index (χ2v) is 11.3. The lowest BCUT2D eigenvalue weighted by atomic mass is 10.1. The molecule has 1 fully saturated rings. The molecule has 0 radical (unpaired) electrons. The summed E-state index contributed by atoms with van der Waals surface area (Å²) in [5.41, 5.74) is 5.07. The van der Waals surface area contributed by atoms with Crippen LogP contribution in [0.3, 0.4) is 0 Å². The van der Waals surface area contributed by atoms with Crippen molar-refractivity contribution in [1.82, 2.24) is 20.2 Å². The Bertz CT molecular complexity index is 1720. The quantitative estimate of drug-likeness (QED) is 0.250. The van der Waals surface area contributed by atoms with Gasteiger partial charge in [-0.2, -0.15) is 0 Å². The highest BCUT2D eigenvalue weighted by molar-refractivity contribution is 6.05. The van der Waals surface area contributed by atoms with Crippen LogP contribution in [0, 0.1) is 0 Å². The molecule has 0 saturated carbocycles. The number of rotatable bonds is 9. The van der Waals surface area contributed by atoms with Crippen LogP contribution in [0.4, 0.5) is 39.2 Å². The number of piperazine rings is 1. The molecule has 6 rings (SSSR count). The lowest BCUT2D eigenvalue weighted by Gasteiger charge is -2.34. The maximum atomic E-state index is 14.0. The second kappa shape index (κ2) is 13.7. The molecule has 4 aromatic rings. The summed E-state index contributed by atoms with van der Waals surface area (Å²) in [6.07, 6.45) is 3.32. The van der Waals surface area contributed by atoms with Gasteiger partial charge in [-0.25, -0.2) is 19.7 Å². The van der Waals surface area contributed by atoms with E-state index in [2.05, 4.69) is 50.1 Å². The van der Waals surface area contributed by atoms with Crippen LogP contribution in [0.5, 0.6) is 5.75 Å². The number of ether oxygens (including phenoxy) is 1. The molecular weight excluding hydrogens is 580 g/mol. The van der Waals surface area contributed by atoms with Crippen molar-refractivity contribution in [3.63, 3.8) is 0 Å². The Kier molecular flexibility index (Phi) is 9.11. The number of nitrogens with zero attached hydrogens (tertiary/aromatic N) is 6. The Labute approximate surface area is 269 Å². The van der Waals surface area contributed by atoms with Gasteiger partial charge in [-0.3, -0.25) is 4.79 Å². The highest BCUT2D eigenvalue weighted by atomic mass is 16.5. The Morgan fingerprint density at radius 2 is 1.78 bits per heavy atom. The number of fused-ring (bicyclic) bond motifs is 1. The lowest BCUT2D eigenvalue weighted by Crippen LogP contribution is -2.44. The van der Waals surface area contributed by atoms with Gasteiger partial charge in [0.05, 0.1) is 18.5 Å². The van der Waals surface area contributed by atoms with Gasteiger partial charge in [0.25, 0.3) is 0 Å². The molecule has 236 valence electrons. The number of carbonyl (C=O) groups is 2. The van der Waals surface area contributed by atoms with Gasteiger partial charge in [-0.1, -0.05) is 43.0 Å². The van der Waals surface area contributed by atoms with E-state index in [0.717, 1.165) is 54.4 Å². The third-order valence-electron chi connectivity index (χ3n) is 8.37. The van der Waals surface area contributed by atoms with Gasteiger partial charge in [0.2, 0.25) is 5.91 Å². The van der Waals surface area contributed by atoms with Gasteiger partial charge in [0, 0.05) is 68.3 Å². The van der Waals surface area contributed by atoms with Crippen molar-refractivity contribution < 1.29 is 14.3 Å². The van der Waals surface area contributed by atoms with E-state index < -0.39 is 0 Å². The minimum absolute atomic E-state index is 0.183. The first-order valence-electron chi connectivity index (χ1n) is 15.3. The molecule has 2 N–H and O–H groups in total. The van der Waals surface area contributed by atoms with Crippen LogP contribution >= 0.6 is 0 Å². The minimum Gasteiger partial charge on any atom is -0.494 e. The highest BCUT2D eigenvalue weighted by Gasteiger charge is 2.30. The number of urea groups is 1. The SMILES string of the molecule is C=CC(=O)N1CCc2c1cccc2N(C(=O)NCc1ccccc1)c1cc(Nc2ccc(N3CCN(C)CC3)cc2OC)ncn1. The second-order valence-electron chi connectivity index (χ2n) is 11.3. The summed E-state index contributed by atoms with van der Waals surface area (Å²) in [6.45, 7) is 8.40. The normalized spacial score (nSPS) is 14.4. The number of carbonyl (C=O) groups excluding carboxylic acids is 2. The molecule has 0 unspecified atom stereocenters. The highest BCUT2D eigenvalue weighted by Crippen LogP contribution is 2.39. The van der Waals surface area contributed by atoms with E-state index in [9.17, 15) is 9.59 Å². The fourth-order valence-corrected chi connectivity index (χ4v) is 5.87. The number of anilines is 6. The number of benzene rings is 3. The third kappa shape index (κ3) is 6.50. The summed E-state index contributed by atoms with van der Waals surface area (Å²) in [5.74, 6) is 1.37. The zero-order valence-corrected chi connectivity index (χ0v) is 26.1. The van der Waals surface area contributed by atoms with Gasteiger partial charge in [0.15, 0.2) is 0 Å². The van der Waals surface area contributed by atoms with E-state index in [1.165, 1.54) is 12.4 Å². The molecule has 1 aromatic heterocycles. The first-order chi connectivity index (χ1) is 22.4. The predicted molar refractivity (Wildman–Crippen MR) is 182 cm³/mol. The monoisotopic (exact) mass is 618 g/mol. The van der Waals surface area contributed by atoms with Crippen molar-refractivity contribution in [2.75, 3.05) is 66.9 Å². The molecule has 0 aliphatic carbocycles. The van der Waals surface area contributed by atoms with Crippen molar-refractivity contribution in [1.29, 1.82) is 0 Å². The summed E-state index contributed by atoms with van der Waals surface area (Å²) in [5, 5.41) is 6.40. The summed E-state index contributed by atoms with van der Waals surface area (Å²) in [7, 11) is 3.79. The fraction of sp³-hybridized carbons (Fsp3) is 0.257. The van der Waals surface area contributed by atoms with E-state index in [1.807, 2.05) is 60.7 Å². The van der Waals surface area contributed by atoms with Crippen LogP contribution in [-0.4, -0.2) is 73.7 Å². The first-order valence-corrected chi connectivity index (χ1v) is 15.3. The minimum atomic E-state index is -0.357. The van der Waals surface area contributed by atoms with Crippen molar-refractivity contribution in [2.45, 2.75) is 13.0 Å². The average molecular weight is 619 g/mol. The predicted octanol–water partition coefficient (Wildman–Crippen LogP) is 5.10. The molecule has 3 heterocycles. The van der Waals surface area contributed by atoms with E-state index >= 15 is 0 Å². The number of hydrogen-bond donors (Lipinski definition) is 2. The van der Waals surface area contributed by atoms with Crippen LogP contribution in [0.15, 0.2) is 91.8 Å². The average Bonchev–Trinajstić information content (AvgIpc) is 3.53. The first kappa shape index (κ1) is 30.6. The molecule has 0 atom stereocenters. The van der Waals surface area contributed by atoms with E-state index in [4.69, 9.17) is 4.74 Å². The van der Waals surface area contributed by atoms with Gasteiger partial charge in [0.1, 0.15) is 23.7 Å². The molecule has 11 heteroatoms. The Morgan fingerprint density at radius 1 is 0.978 bits per heavy atom. The summed E-state index contributed by atoms with van der Waals surface area (Å²) >= 11 is 0. The van der Waals surface area contributed by atoms with Gasteiger partial charge in [-0.15, -0.1) is 0 Å². The Balaban J connectivity index is 1.31. The standard InChI is InChI=1S/C35H38N8O3/c1-4-34(44)42-16-15-27-29(42)11-8-12-30(27)43(35(45)36-23-25-9-6-5-7-10-25)33-22-32(37-24-38-33)39-28-14-13-26(21-31(28)46-3)41-19-17-40(2)18-20-41/h4-14,21-22,24H,1,15-20,23H2,2-3H3,(H,36,45)(H,37,38,39). The smallest absolute Gasteiger partial charge is 0.327 e. The molecule has 3 amide bonds. The summed E-state index contributed by atoms with van der Waals surface area (Å²) in [6, 6.07) is 22.8. The molecule has 3 aromatic carbocycles. The Hall–Kier alpha value is -5.42. The van der Waals surface area contributed by atoms with Crippen molar-refractivity contribution >= 4 is 46.3 Å². The number of hydrogen-bond acceptors (Lipinski definition) is 8. The molecule has 2 aliphatic rings. The van der Waals surface area contributed by atoms with Gasteiger partial charge < -0.3 is 30.1 Å². The fourth-order valence-electron chi connectivity index (χ4n) is 5.87. The van der Waals surface area contributed by atoms with Gasteiger partial charge in [-0.05, 0) is 49.4 Å². The molecular formula is C35H38N8O3. The Morgan fingerprint density at radius 3 is 2.54 bits per heavy atom. The zero-order chi connectivity index (χ0) is 32.0. The maximum Gasteiger partial charge on any atom is 0.327 e. The van der Waals surface area contributed by atoms with Gasteiger partial charge >= 0.3 is 6.03 Å². The summed E-state index contributed by atoms with van der Waals surface area (Å²) in [4.78, 5) is 43.5. The summed E-state index contributed by atoms with van der Waals surface area (Å²) < 4.78 is 5.76. The number of nitrogens with one attached hydrogen (secondary N) is 2. The maximum absolute atomic E-state index is 14.0. The molecule has 0 bridgehead atoms. The van der Waals surface area contributed by atoms with Crippen LogP contribution in [0.1, 0.15) is 11.1 Å². The van der Waals surface area contributed by atoms with Crippen molar-refractivity contribution in [3.8, 4) is 5.75 Å². The third-order valence-corrected chi connectivity index (χ3v) is 8.37. The van der Waals surface area contributed by atoms with Crippen LogP contribution < -0.4 is 30.1 Å². The number of aromatic nitrogens is 2. The van der Waals surface area contributed by atoms with Crippen molar-refractivity contribution in [3.05, 3.63) is 103 Å². The van der Waals surface area contributed by atoms with E-state index in [-0.39, 0.29) is 11.9 Å². The van der Waals surface area contributed by atoms with E-state index in [0.29, 0.717) is 42.6 Å². The molecule has 46 heavy (non-hydrogen) atoms. The van der Waals surface area contributed by atoms with E-state index in [1.54, 1.807) is 23.0 Å². The van der Waals surface area contributed by atoms with Crippen LogP contribution in [0.25, 0.3) is 0 Å². The molecule has 2 aliphatic heterocycles. The van der Waals surface area contributed by atoms with Crippen LogP contribution in [-0.2, 0) is 17.8 Å². The topological polar surface area (TPSA) is 106 Å². The number of amides is 3. The zero-order valence-electron chi connectivity index (χ0n) is 26.1. The van der Waals surface area contributed by atoms with Crippen LogP contribution in [0.2, 0.25) is 0 Å². The lowest BCUT2D eigenvalue weighted by molar-refractivity contribution is -0.114. The largest absolute Gasteiger partial charge is 0.494 e. The molecule has 1 saturated heterocycles.